The SMILES string of the molecule is CN1/C(=C\C(=O)NN)N(C)c2ncccc21. The van der Waals surface area contributed by atoms with Crippen LogP contribution in [0.2, 0.25) is 0 Å². The number of nitrogens with one attached hydrogen (secondary N) is 1. The van der Waals surface area contributed by atoms with Gasteiger partial charge in [-0.1, -0.05) is 0 Å². The summed E-state index contributed by atoms with van der Waals surface area (Å²) in [5.74, 6) is 6.26. The molecule has 2 heterocycles. The van der Waals surface area contributed by atoms with Gasteiger partial charge in [-0.15, -0.1) is 0 Å². The molecule has 84 valence electrons. The zero-order valence-corrected chi connectivity index (χ0v) is 9.14. The second-order valence-electron chi connectivity index (χ2n) is 3.48. The van der Waals surface area contributed by atoms with Crippen molar-refractivity contribution in [2.24, 2.45) is 5.84 Å². The maximum Gasteiger partial charge on any atom is 0.261 e. The van der Waals surface area contributed by atoms with Crippen LogP contribution in [-0.4, -0.2) is 25.0 Å². The smallest absolute Gasteiger partial charge is 0.261 e. The maximum atomic E-state index is 11.2. The lowest BCUT2D eigenvalue weighted by Gasteiger charge is -2.17. The van der Waals surface area contributed by atoms with Gasteiger partial charge in [-0.05, 0) is 12.1 Å². The lowest BCUT2D eigenvalue weighted by Crippen LogP contribution is -2.31. The second kappa shape index (κ2) is 3.82. The topological polar surface area (TPSA) is 74.5 Å². The van der Waals surface area contributed by atoms with Crippen molar-refractivity contribution in [1.82, 2.24) is 10.4 Å². The van der Waals surface area contributed by atoms with Gasteiger partial charge in [0.2, 0.25) is 0 Å². The lowest BCUT2D eigenvalue weighted by molar-refractivity contribution is -0.116. The summed E-state index contributed by atoms with van der Waals surface area (Å²) in [5.41, 5.74) is 3.03. The van der Waals surface area contributed by atoms with E-state index < -0.39 is 0 Å². The summed E-state index contributed by atoms with van der Waals surface area (Å²) >= 11 is 0. The molecule has 0 fully saturated rings. The molecule has 3 N–H and O–H groups in total. The Kier molecular flexibility index (Phi) is 2.49. The first-order valence-corrected chi connectivity index (χ1v) is 4.80. The minimum absolute atomic E-state index is 0.346. The number of nitrogens with zero attached hydrogens (tertiary/aromatic N) is 3. The van der Waals surface area contributed by atoms with Crippen LogP contribution in [0, 0.1) is 0 Å². The highest BCUT2D eigenvalue weighted by molar-refractivity contribution is 5.91. The fourth-order valence-electron chi connectivity index (χ4n) is 1.72. The van der Waals surface area contributed by atoms with Crippen LogP contribution < -0.4 is 21.1 Å². The van der Waals surface area contributed by atoms with Gasteiger partial charge < -0.3 is 9.80 Å². The fourth-order valence-corrected chi connectivity index (χ4v) is 1.72. The highest BCUT2D eigenvalue weighted by atomic mass is 16.2. The van der Waals surface area contributed by atoms with Crippen molar-refractivity contribution in [3.05, 3.63) is 30.2 Å². The molecule has 0 aromatic carbocycles. The van der Waals surface area contributed by atoms with Gasteiger partial charge in [0, 0.05) is 26.4 Å². The van der Waals surface area contributed by atoms with Gasteiger partial charge in [-0.2, -0.15) is 0 Å². The minimum atomic E-state index is -0.346. The highest BCUT2D eigenvalue weighted by Gasteiger charge is 2.27. The number of aromatic nitrogens is 1. The Morgan fingerprint density at radius 3 is 2.88 bits per heavy atom. The molecule has 1 aromatic rings. The second-order valence-corrected chi connectivity index (χ2v) is 3.48. The van der Waals surface area contributed by atoms with E-state index in [4.69, 9.17) is 5.84 Å². The van der Waals surface area contributed by atoms with Gasteiger partial charge in [-0.3, -0.25) is 10.2 Å². The summed E-state index contributed by atoms with van der Waals surface area (Å²) in [7, 11) is 3.73. The van der Waals surface area contributed by atoms with Crippen LogP contribution in [0.1, 0.15) is 0 Å². The molecule has 1 amide bonds. The Bertz CT molecular complexity index is 425. The zero-order valence-electron chi connectivity index (χ0n) is 9.14. The van der Waals surface area contributed by atoms with Crippen molar-refractivity contribution in [3.8, 4) is 0 Å². The average molecular weight is 219 g/mol. The van der Waals surface area contributed by atoms with Gasteiger partial charge in [-0.25, -0.2) is 10.8 Å². The molecular formula is C10H13N5O. The normalized spacial score (nSPS) is 16.6. The largest absolute Gasteiger partial charge is 0.328 e. The molecule has 6 nitrogen and oxygen atoms in total. The molecular weight excluding hydrogens is 206 g/mol. The maximum absolute atomic E-state index is 11.2. The van der Waals surface area contributed by atoms with E-state index in [0.717, 1.165) is 17.3 Å². The van der Waals surface area contributed by atoms with Crippen molar-refractivity contribution in [2.45, 2.75) is 0 Å². The Hall–Kier alpha value is -2.08. The summed E-state index contributed by atoms with van der Waals surface area (Å²) < 4.78 is 0. The van der Waals surface area contributed by atoms with Gasteiger partial charge in [0.1, 0.15) is 5.82 Å². The number of pyridine rings is 1. The number of anilines is 2. The number of hydrogen-bond acceptors (Lipinski definition) is 5. The van der Waals surface area contributed by atoms with Crippen LogP contribution in [0.4, 0.5) is 11.5 Å². The summed E-state index contributed by atoms with van der Waals surface area (Å²) in [4.78, 5) is 19.2. The minimum Gasteiger partial charge on any atom is -0.328 e. The van der Waals surface area contributed by atoms with Crippen molar-refractivity contribution in [1.29, 1.82) is 0 Å². The summed E-state index contributed by atoms with van der Waals surface area (Å²) in [6.07, 6.45) is 3.15. The van der Waals surface area contributed by atoms with E-state index >= 15 is 0 Å². The number of hydrogen-bond donors (Lipinski definition) is 2. The molecule has 6 heteroatoms. The van der Waals surface area contributed by atoms with E-state index in [1.807, 2.05) is 36.0 Å². The fraction of sp³-hybridized carbons (Fsp3) is 0.200. The molecule has 2 rings (SSSR count). The Morgan fingerprint density at radius 2 is 2.25 bits per heavy atom. The summed E-state index contributed by atoms with van der Waals surface area (Å²) in [6.45, 7) is 0. The van der Waals surface area contributed by atoms with Crippen LogP contribution in [-0.2, 0) is 4.79 Å². The van der Waals surface area contributed by atoms with Gasteiger partial charge in [0.05, 0.1) is 5.69 Å². The Labute approximate surface area is 93.3 Å². The van der Waals surface area contributed by atoms with Crippen LogP contribution >= 0.6 is 0 Å². The monoisotopic (exact) mass is 219 g/mol. The molecule has 1 aliphatic heterocycles. The van der Waals surface area contributed by atoms with Crippen LogP contribution in [0.15, 0.2) is 30.2 Å². The van der Waals surface area contributed by atoms with Gasteiger partial charge in [0.15, 0.2) is 5.82 Å². The predicted molar refractivity (Wildman–Crippen MR) is 61.5 cm³/mol. The molecule has 1 aromatic heterocycles. The highest BCUT2D eigenvalue weighted by Crippen LogP contribution is 2.36. The third-order valence-corrected chi connectivity index (χ3v) is 2.53. The summed E-state index contributed by atoms with van der Waals surface area (Å²) in [6, 6.07) is 3.80. The average Bonchev–Trinajstić information content (AvgIpc) is 2.55. The Morgan fingerprint density at radius 1 is 1.50 bits per heavy atom. The molecule has 0 saturated heterocycles. The third-order valence-electron chi connectivity index (χ3n) is 2.53. The molecule has 0 bridgehead atoms. The van der Waals surface area contributed by atoms with Crippen LogP contribution in [0.5, 0.6) is 0 Å². The molecule has 0 atom stereocenters. The van der Waals surface area contributed by atoms with E-state index in [1.165, 1.54) is 6.08 Å². The third kappa shape index (κ3) is 1.49. The molecule has 0 spiro atoms. The molecule has 0 aliphatic carbocycles. The van der Waals surface area contributed by atoms with E-state index in [-0.39, 0.29) is 5.91 Å². The van der Waals surface area contributed by atoms with Gasteiger partial charge in [0.25, 0.3) is 5.91 Å². The van der Waals surface area contributed by atoms with E-state index in [0.29, 0.717) is 0 Å². The number of carbonyl (C=O) groups is 1. The number of carbonyl (C=O) groups excluding carboxylic acids is 1. The molecule has 16 heavy (non-hydrogen) atoms. The number of amides is 1. The van der Waals surface area contributed by atoms with Crippen LogP contribution in [0.3, 0.4) is 0 Å². The molecule has 0 saturated carbocycles. The number of rotatable bonds is 1. The molecule has 0 unspecified atom stereocenters. The zero-order chi connectivity index (χ0) is 11.7. The van der Waals surface area contributed by atoms with E-state index in [2.05, 4.69) is 10.4 Å². The number of nitrogens with two attached hydrogens (primary N) is 1. The van der Waals surface area contributed by atoms with E-state index in [9.17, 15) is 4.79 Å². The van der Waals surface area contributed by atoms with Crippen LogP contribution in [0.25, 0.3) is 0 Å². The quantitative estimate of drug-likeness (QED) is 0.296. The predicted octanol–water partition coefficient (Wildman–Crippen LogP) is -0.201. The molecule has 0 radical (unpaired) electrons. The first-order chi connectivity index (χ1) is 7.65. The van der Waals surface area contributed by atoms with Crippen molar-refractivity contribution < 1.29 is 4.79 Å². The Balaban J connectivity index is 2.42. The lowest BCUT2D eigenvalue weighted by atomic mass is 10.4. The number of hydrazine groups is 1. The van der Waals surface area contributed by atoms with E-state index in [1.54, 1.807) is 6.20 Å². The van der Waals surface area contributed by atoms with Crippen molar-refractivity contribution in [2.75, 3.05) is 23.9 Å². The van der Waals surface area contributed by atoms with Crippen molar-refractivity contribution >= 4 is 17.4 Å². The standard InChI is InChI=1S/C10H13N5O/c1-14-7-4-3-5-12-10(7)15(2)9(14)6-8(16)13-11/h3-6H,11H2,1-2H3,(H,13,16)/b9-6+. The van der Waals surface area contributed by atoms with Gasteiger partial charge >= 0.3 is 0 Å². The number of fused-ring (bicyclic) bond motifs is 1. The first kappa shape index (κ1) is 10.4. The molecule has 1 aliphatic rings. The first-order valence-electron chi connectivity index (χ1n) is 4.80. The van der Waals surface area contributed by atoms with Crippen molar-refractivity contribution in [3.63, 3.8) is 0 Å². The summed E-state index contributed by atoms with van der Waals surface area (Å²) in [5, 5.41) is 0.